The van der Waals surface area contributed by atoms with Crippen molar-refractivity contribution < 1.29 is 9.53 Å². The van der Waals surface area contributed by atoms with Crippen molar-refractivity contribution in [2.24, 2.45) is 5.41 Å². The van der Waals surface area contributed by atoms with E-state index in [1.807, 2.05) is 20.8 Å². The van der Waals surface area contributed by atoms with Gasteiger partial charge in [-0.2, -0.15) is 0 Å². The van der Waals surface area contributed by atoms with E-state index in [0.717, 1.165) is 13.0 Å². The molecule has 1 unspecified atom stereocenters. The second-order valence-corrected chi connectivity index (χ2v) is 3.51. The lowest BCUT2D eigenvalue weighted by Crippen LogP contribution is -2.40. The fraction of sp³-hybridized carbons (Fsp3) is 0.875. The fourth-order valence-corrected chi connectivity index (χ4v) is 1.24. The molecule has 1 atom stereocenters. The third kappa shape index (κ3) is 1.21. The molecule has 2 heteroatoms. The number of hydrogen-bond donors (Lipinski definition) is 0. The van der Waals surface area contributed by atoms with Crippen molar-refractivity contribution in [1.29, 1.82) is 0 Å². The Kier molecular flexibility index (Phi) is 1.82. The quantitative estimate of drug-likeness (QED) is 0.511. The first kappa shape index (κ1) is 7.73. The van der Waals surface area contributed by atoms with Crippen LogP contribution in [0.5, 0.6) is 0 Å². The number of carbonyl (C=O) groups is 1. The third-order valence-corrected chi connectivity index (χ3v) is 2.13. The van der Waals surface area contributed by atoms with Crippen LogP contribution in [0.4, 0.5) is 0 Å². The maximum Gasteiger partial charge on any atom is 0.166 e. The van der Waals surface area contributed by atoms with Gasteiger partial charge in [-0.05, 0) is 13.3 Å². The first-order chi connectivity index (χ1) is 4.54. The molecule has 58 valence electrons. The highest BCUT2D eigenvalue weighted by atomic mass is 16.5. The van der Waals surface area contributed by atoms with Crippen LogP contribution in [0.2, 0.25) is 0 Å². The molecule has 1 heterocycles. The van der Waals surface area contributed by atoms with Gasteiger partial charge in [-0.1, -0.05) is 13.8 Å². The predicted molar refractivity (Wildman–Crippen MR) is 38.8 cm³/mol. The highest BCUT2D eigenvalue weighted by Gasteiger charge is 2.35. The third-order valence-electron chi connectivity index (χ3n) is 2.13. The van der Waals surface area contributed by atoms with Crippen LogP contribution in [0.3, 0.4) is 0 Å². The molecule has 0 aromatic heterocycles. The van der Waals surface area contributed by atoms with E-state index >= 15 is 0 Å². The molecule has 0 aromatic rings. The first-order valence-corrected chi connectivity index (χ1v) is 3.70. The minimum Gasteiger partial charge on any atom is -0.371 e. The maximum atomic E-state index is 11.3. The Bertz CT molecular complexity index is 149. The van der Waals surface area contributed by atoms with Gasteiger partial charge in [-0.3, -0.25) is 4.79 Å². The van der Waals surface area contributed by atoms with Crippen LogP contribution in [0.15, 0.2) is 0 Å². The van der Waals surface area contributed by atoms with Gasteiger partial charge in [0.25, 0.3) is 0 Å². The number of ketones is 1. The molecule has 2 nitrogen and oxygen atoms in total. The summed E-state index contributed by atoms with van der Waals surface area (Å²) in [4.78, 5) is 11.3. The average Bonchev–Trinajstić information content (AvgIpc) is 1.83. The molecular weight excluding hydrogens is 128 g/mol. The van der Waals surface area contributed by atoms with Gasteiger partial charge in [0, 0.05) is 12.0 Å². The van der Waals surface area contributed by atoms with Crippen molar-refractivity contribution >= 4 is 5.78 Å². The van der Waals surface area contributed by atoms with Crippen molar-refractivity contribution in [3.05, 3.63) is 0 Å². The van der Waals surface area contributed by atoms with E-state index in [4.69, 9.17) is 4.74 Å². The van der Waals surface area contributed by atoms with Gasteiger partial charge >= 0.3 is 0 Å². The van der Waals surface area contributed by atoms with E-state index in [-0.39, 0.29) is 17.3 Å². The summed E-state index contributed by atoms with van der Waals surface area (Å²) in [5.74, 6) is 0.235. The van der Waals surface area contributed by atoms with Crippen LogP contribution >= 0.6 is 0 Å². The van der Waals surface area contributed by atoms with Crippen LogP contribution in [0.25, 0.3) is 0 Å². The maximum absolute atomic E-state index is 11.3. The SMILES string of the molecule is CC1OCCC(C)(C)C1=O. The molecule has 0 aromatic carbocycles. The second-order valence-electron chi connectivity index (χ2n) is 3.51. The Labute approximate surface area is 61.6 Å². The Morgan fingerprint density at radius 3 is 2.60 bits per heavy atom. The monoisotopic (exact) mass is 142 g/mol. The van der Waals surface area contributed by atoms with Gasteiger partial charge in [0.15, 0.2) is 5.78 Å². The van der Waals surface area contributed by atoms with E-state index in [1.54, 1.807) is 0 Å². The molecule has 0 spiro atoms. The van der Waals surface area contributed by atoms with E-state index < -0.39 is 0 Å². The largest absolute Gasteiger partial charge is 0.371 e. The number of ether oxygens (including phenoxy) is 1. The van der Waals surface area contributed by atoms with Gasteiger partial charge in [0.05, 0.1) is 0 Å². The van der Waals surface area contributed by atoms with E-state index in [9.17, 15) is 4.79 Å². The van der Waals surface area contributed by atoms with Crippen LogP contribution in [0.1, 0.15) is 27.2 Å². The zero-order chi connectivity index (χ0) is 7.78. The molecule has 10 heavy (non-hydrogen) atoms. The van der Waals surface area contributed by atoms with Crippen LogP contribution in [0, 0.1) is 5.41 Å². The lowest BCUT2D eigenvalue weighted by Gasteiger charge is -2.31. The lowest BCUT2D eigenvalue weighted by molar-refractivity contribution is -0.146. The van der Waals surface area contributed by atoms with E-state index in [0.29, 0.717) is 0 Å². The zero-order valence-corrected chi connectivity index (χ0v) is 6.81. The van der Waals surface area contributed by atoms with Gasteiger partial charge in [0.2, 0.25) is 0 Å². The Morgan fingerprint density at radius 2 is 2.20 bits per heavy atom. The molecule has 0 radical (unpaired) electrons. The van der Waals surface area contributed by atoms with Gasteiger partial charge < -0.3 is 4.74 Å². The summed E-state index contributed by atoms with van der Waals surface area (Å²) < 4.78 is 5.18. The molecule has 1 rings (SSSR count). The fourth-order valence-electron chi connectivity index (χ4n) is 1.24. The number of Topliss-reactive ketones (excluding diaryl/α,β-unsaturated/α-hetero) is 1. The standard InChI is InChI=1S/C8H14O2/c1-6-7(9)8(2,3)4-5-10-6/h6H,4-5H2,1-3H3. The summed E-state index contributed by atoms with van der Waals surface area (Å²) in [6.07, 6.45) is 0.666. The smallest absolute Gasteiger partial charge is 0.166 e. The molecule has 0 saturated carbocycles. The Morgan fingerprint density at radius 1 is 1.60 bits per heavy atom. The zero-order valence-electron chi connectivity index (χ0n) is 6.81. The van der Waals surface area contributed by atoms with Crippen LogP contribution in [-0.2, 0) is 9.53 Å². The van der Waals surface area contributed by atoms with Crippen molar-refractivity contribution in [1.82, 2.24) is 0 Å². The Hall–Kier alpha value is -0.370. The van der Waals surface area contributed by atoms with Gasteiger partial charge in [0.1, 0.15) is 6.10 Å². The summed E-state index contributed by atoms with van der Waals surface area (Å²) in [5, 5.41) is 0. The molecule has 0 bridgehead atoms. The average molecular weight is 142 g/mol. The van der Waals surface area contributed by atoms with Gasteiger partial charge in [-0.25, -0.2) is 0 Å². The van der Waals surface area contributed by atoms with E-state index in [1.165, 1.54) is 0 Å². The van der Waals surface area contributed by atoms with Crippen molar-refractivity contribution in [3.8, 4) is 0 Å². The summed E-state index contributed by atoms with van der Waals surface area (Å²) in [7, 11) is 0. The molecule has 1 aliphatic rings. The molecule has 1 saturated heterocycles. The molecule has 0 amide bonds. The first-order valence-electron chi connectivity index (χ1n) is 3.70. The summed E-state index contributed by atoms with van der Waals surface area (Å²) in [5.41, 5.74) is -0.155. The van der Waals surface area contributed by atoms with Crippen molar-refractivity contribution in [3.63, 3.8) is 0 Å². The summed E-state index contributed by atoms with van der Waals surface area (Å²) in [6, 6.07) is 0. The minimum atomic E-state index is -0.191. The van der Waals surface area contributed by atoms with Gasteiger partial charge in [-0.15, -0.1) is 0 Å². The molecule has 1 fully saturated rings. The Balaban J connectivity index is 2.70. The van der Waals surface area contributed by atoms with Crippen LogP contribution < -0.4 is 0 Å². The predicted octanol–water partition coefficient (Wildman–Crippen LogP) is 1.39. The topological polar surface area (TPSA) is 26.3 Å². The summed E-state index contributed by atoms with van der Waals surface area (Å²) in [6.45, 7) is 6.51. The van der Waals surface area contributed by atoms with E-state index in [2.05, 4.69) is 0 Å². The number of hydrogen-bond acceptors (Lipinski definition) is 2. The highest BCUT2D eigenvalue weighted by molar-refractivity contribution is 5.88. The minimum absolute atomic E-state index is 0.155. The molecule has 0 N–H and O–H groups in total. The molecule has 0 aliphatic carbocycles. The second kappa shape index (κ2) is 2.35. The molecular formula is C8H14O2. The molecule has 1 aliphatic heterocycles. The number of carbonyl (C=O) groups excluding carboxylic acids is 1. The van der Waals surface area contributed by atoms with Crippen molar-refractivity contribution in [2.75, 3.05) is 6.61 Å². The van der Waals surface area contributed by atoms with Crippen LogP contribution in [-0.4, -0.2) is 18.5 Å². The summed E-state index contributed by atoms with van der Waals surface area (Å²) >= 11 is 0. The normalized spacial score (nSPS) is 32.3. The highest BCUT2D eigenvalue weighted by Crippen LogP contribution is 2.28. The number of rotatable bonds is 0. The van der Waals surface area contributed by atoms with Crippen molar-refractivity contribution in [2.45, 2.75) is 33.3 Å². The lowest BCUT2D eigenvalue weighted by atomic mass is 9.81.